The summed E-state index contributed by atoms with van der Waals surface area (Å²) in [5.74, 6) is 0.146. The molecule has 0 fully saturated rings. The summed E-state index contributed by atoms with van der Waals surface area (Å²) in [4.78, 5) is 10.6. The van der Waals surface area contributed by atoms with Gasteiger partial charge >= 0.3 is 0 Å². The zero-order chi connectivity index (χ0) is 9.26. The fourth-order valence-electron chi connectivity index (χ4n) is 1.14. The van der Waals surface area contributed by atoms with Crippen molar-refractivity contribution in [2.45, 2.75) is 6.61 Å². The maximum Gasteiger partial charge on any atom is 0.215 e. The number of ether oxygens (including phenoxy) is 1. The van der Waals surface area contributed by atoms with Gasteiger partial charge in [0.05, 0.1) is 17.2 Å². The number of hydrogen-bond acceptors (Lipinski definition) is 3. The Bertz CT molecular complexity index is 426. The number of fused-ring (bicyclic) bond motifs is 1. The summed E-state index contributed by atoms with van der Waals surface area (Å²) < 4.78 is 17.5. The second kappa shape index (κ2) is 3.10. The molecule has 4 nitrogen and oxygen atoms in total. The van der Waals surface area contributed by atoms with Crippen LogP contribution in [0.15, 0.2) is 12.3 Å². The van der Waals surface area contributed by atoms with Crippen LogP contribution in [0, 0.1) is 5.95 Å². The van der Waals surface area contributed by atoms with Crippen LogP contribution in [0.5, 0.6) is 0 Å². The zero-order valence-electron chi connectivity index (χ0n) is 7.04. The first-order valence-electron chi connectivity index (χ1n) is 3.78. The van der Waals surface area contributed by atoms with Gasteiger partial charge in [-0.3, -0.25) is 0 Å². The molecule has 0 aromatic carbocycles. The molecule has 13 heavy (non-hydrogen) atoms. The normalized spacial score (nSPS) is 10.9. The minimum absolute atomic E-state index is 0.385. The Kier molecular flexibility index (Phi) is 1.94. The van der Waals surface area contributed by atoms with Gasteiger partial charge in [0, 0.05) is 13.2 Å². The van der Waals surface area contributed by atoms with E-state index in [0.717, 1.165) is 0 Å². The van der Waals surface area contributed by atoms with Crippen LogP contribution in [0.4, 0.5) is 4.39 Å². The van der Waals surface area contributed by atoms with Crippen molar-refractivity contribution in [3.63, 3.8) is 0 Å². The van der Waals surface area contributed by atoms with Crippen molar-refractivity contribution < 1.29 is 9.13 Å². The fourth-order valence-corrected chi connectivity index (χ4v) is 1.14. The highest BCUT2D eigenvalue weighted by Crippen LogP contribution is 2.10. The van der Waals surface area contributed by atoms with Crippen LogP contribution < -0.4 is 0 Å². The molecule has 0 aliphatic carbocycles. The predicted octanol–water partition coefficient (Wildman–Crippen LogP) is 1.24. The van der Waals surface area contributed by atoms with Gasteiger partial charge in [-0.15, -0.1) is 0 Å². The van der Waals surface area contributed by atoms with Crippen molar-refractivity contribution in [3.05, 3.63) is 24.0 Å². The number of nitrogens with one attached hydrogen (secondary N) is 1. The lowest BCUT2D eigenvalue weighted by molar-refractivity contribution is 0.179. The summed E-state index contributed by atoms with van der Waals surface area (Å²) in [6.45, 7) is 0.385. The fraction of sp³-hybridized carbons (Fsp3) is 0.250. The Labute approximate surface area is 73.8 Å². The zero-order valence-corrected chi connectivity index (χ0v) is 7.04. The summed E-state index contributed by atoms with van der Waals surface area (Å²) in [6.07, 6.45) is 1.41. The van der Waals surface area contributed by atoms with Gasteiger partial charge < -0.3 is 9.72 Å². The third-order valence-corrected chi connectivity index (χ3v) is 1.66. The van der Waals surface area contributed by atoms with Gasteiger partial charge in [0.15, 0.2) is 0 Å². The van der Waals surface area contributed by atoms with Crippen molar-refractivity contribution in [1.82, 2.24) is 15.0 Å². The lowest BCUT2D eigenvalue weighted by Gasteiger charge is -1.89. The molecule has 0 aliphatic heterocycles. The lowest BCUT2D eigenvalue weighted by Crippen LogP contribution is -1.88. The van der Waals surface area contributed by atoms with Crippen LogP contribution in [0.25, 0.3) is 11.0 Å². The first kappa shape index (κ1) is 8.12. The summed E-state index contributed by atoms with van der Waals surface area (Å²) in [7, 11) is 1.58. The number of imidazole rings is 1. The van der Waals surface area contributed by atoms with Gasteiger partial charge in [-0.25, -0.2) is 9.97 Å². The van der Waals surface area contributed by atoms with Gasteiger partial charge in [-0.1, -0.05) is 0 Å². The minimum atomic E-state index is -0.525. The number of H-pyrrole nitrogens is 1. The molecule has 0 amide bonds. The van der Waals surface area contributed by atoms with Crippen LogP contribution in [-0.4, -0.2) is 22.1 Å². The third-order valence-electron chi connectivity index (χ3n) is 1.66. The number of nitrogens with zero attached hydrogens (tertiary/aromatic N) is 2. The van der Waals surface area contributed by atoms with Crippen LogP contribution in [0.1, 0.15) is 5.82 Å². The molecule has 0 aliphatic rings. The highest BCUT2D eigenvalue weighted by Gasteiger charge is 2.03. The Morgan fingerprint density at radius 1 is 1.62 bits per heavy atom. The van der Waals surface area contributed by atoms with Crippen molar-refractivity contribution in [2.75, 3.05) is 7.11 Å². The first-order chi connectivity index (χ1) is 6.29. The predicted molar refractivity (Wildman–Crippen MR) is 44.6 cm³/mol. The molecule has 0 atom stereocenters. The van der Waals surface area contributed by atoms with Crippen LogP contribution in [-0.2, 0) is 11.3 Å². The highest BCUT2D eigenvalue weighted by molar-refractivity contribution is 5.73. The summed E-state index contributed by atoms with van der Waals surface area (Å²) >= 11 is 0. The average Bonchev–Trinajstić information content (AvgIpc) is 2.46. The summed E-state index contributed by atoms with van der Waals surface area (Å²) in [5, 5.41) is 0. The van der Waals surface area contributed by atoms with E-state index in [2.05, 4.69) is 15.0 Å². The van der Waals surface area contributed by atoms with E-state index < -0.39 is 5.95 Å². The maximum atomic E-state index is 12.6. The van der Waals surface area contributed by atoms with Crippen molar-refractivity contribution in [3.8, 4) is 0 Å². The van der Waals surface area contributed by atoms with Gasteiger partial charge in [0.25, 0.3) is 0 Å². The Balaban J connectivity index is 2.49. The average molecular weight is 181 g/mol. The summed E-state index contributed by atoms with van der Waals surface area (Å²) in [6, 6.07) is 1.28. The van der Waals surface area contributed by atoms with Crippen LogP contribution >= 0.6 is 0 Å². The highest BCUT2D eigenvalue weighted by atomic mass is 19.1. The van der Waals surface area contributed by atoms with Gasteiger partial charge in [0.2, 0.25) is 5.95 Å². The molecule has 2 rings (SSSR count). The number of pyridine rings is 1. The molecule has 0 bridgehead atoms. The summed E-state index contributed by atoms with van der Waals surface area (Å²) in [5.41, 5.74) is 1.29. The first-order valence-corrected chi connectivity index (χ1v) is 3.78. The van der Waals surface area contributed by atoms with Crippen molar-refractivity contribution >= 4 is 11.0 Å². The minimum Gasteiger partial charge on any atom is -0.377 e. The van der Waals surface area contributed by atoms with E-state index in [4.69, 9.17) is 4.74 Å². The number of aromatic amines is 1. The van der Waals surface area contributed by atoms with E-state index in [-0.39, 0.29) is 0 Å². The van der Waals surface area contributed by atoms with Crippen molar-refractivity contribution in [1.29, 1.82) is 0 Å². The van der Waals surface area contributed by atoms with Crippen molar-refractivity contribution in [2.24, 2.45) is 0 Å². The van der Waals surface area contributed by atoms with Crippen LogP contribution in [0.2, 0.25) is 0 Å². The SMILES string of the molecule is COCc1nc2cc(F)ncc2[nH]1. The molecule has 0 saturated heterocycles. The molecule has 68 valence electrons. The van der Waals surface area contributed by atoms with E-state index in [9.17, 15) is 4.39 Å². The standard InChI is InChI=1S/C8H8FN3O/c1-13-4-8-11-5-2-7(9)10-3-6(5)12-8/h2-3H,4H2,1H3,(H,11,12). The van der Waals surface area contributed by atoms with E-state index in [1.807, 2.05) is 0 Å². The molecule has 0 unspecified atom stereocenters. The quantitative estimate of drug-likeness (QED) is 0.709. The molecule has 0 saturated carbocycles. The molecule has 0 spiro atoms. The van der Waals surface area contributed by atoms with E-state index in [1.165, 1.54) is 12.3 Å². The Hall–Kier alpha value is -1.49. The molecular formula is C8H8FN3O. The third kappa shape index (κ3) is 1.50. The largest absolute Gasteiger partial charge is 0.377 e. The molecule has 2 aromatic rings. The van der Waals surface area contributed by atoms with Gasteiger partial charge in [-0.2, -0.15) is 4.39 Å². The molecular weight excluding hydrogens is 173 g/mol. The molecule has 2 heterocycles. The number of methoxy groups -OCH3 is 1. The molecule has 0 radical (unpaired) electrons. The second-order valence-electron chi connectivity index (χ2n) is 2.64. The second-order valence-corrected chi connectivity index (χ2v) is 2.64. The number of aromatic nitrogens is 3. The van der Waals surface area contributed by atoms with Gasteiger partial charge in [0.1, 0.15) is 12.4 Å². The topological polar surface area (TPSA) is 50.8 Å². The van der Waals surface area contributed by atoms with Gasteiger partial charge in [-0.05, 0) is 0 Å². The van der Waals surface area contributed by atoms with E-state index in [1.54, 1.807) is 7.11 Å². The number of hydrogen-bond donors (Lipinski definition) is 1. The van der Waals surface area contributed by atoms with E-state index in [0.29, 0.717) is 23.5 Å². The van der Waals surface area contributed by atoms with Crippen LogP contribution in [0.3, 0.4) is 0 Å². The monoisotopic (exact) mass is 181 g/mol. The smallest absolute Gasteiger partial charge is 0.215 e. The molecule has 2 aromatic heterocycles. The number of rotatable bonds is 2. The molecule has 5 heteroatoms. The Morgan fingerprint density at radius 3 is 3.23 bits per heavy atom. The van der Waals surface area contributed by atoms with E-state index >= 15 is 0 Å². The Morgan fingerprint density at radius 2 is 2.46 bits per heavy atom. The maximum absolute atomic E-state index is 12.6. The lowest BCUT2D eigenvalue weighted by atomic mass is 10.4. The number of halogens is 1. The molecule has 1 N–H and O–H groups in total.